The quantitative estimate of drug-likeness (QED) is 0.309. The summed E-state index contributed by atoms with van der Waals surface area (Å²) in [4.78, 5) is 4.22. The monoisotopic (exact) mass is 413 g/mol. The van der Waals surface area contributed by atoms with Gasteiger partial charge in [-0.15, -0.1) is 0 Å². The summed E-state index contributed by atoms with van der Waals surface area (Å²) >= 11 is 0. The van der Waals surface area contributed by atoms with Crippen molar-refractivity contribution in [2.24, 2.45) is 0 Å². The second-order valence-corrected chi connectivity index (χ2v) is 7.60. The predicted octanol–water partition coefficient (Wildman–Crippen LogP) is 7.05. The highest BCUT2D eigenvalue weighted by Gasteiger charge is 2.33. The SMILES string of the molecule is FC(F)(F)c1cc(-c2cc(-c3cc4ccc5cccc6ccc(c3)c4c56)ccn2)n[nH]1. The molecule has 0 saturated heterocycles. The molecule has 150 valence electrons. The van der Waals surface area contributed by atoms with E-state index >= 15 is 0 Å². The van der Waals surface area contributed by atoms with E-state index in [0.29, 0.717) is 5.69 Å². The van der Waals surface area contributed by atoms with Gasteiger partial charge in [0, 0.05) is 6.20 Å². The van der Waals surface area contributed by atoms with Crippen molar-refractivity contribution in [2.75, 3.05) is 0 Å². The molecule has 0 radical (unpaired) electrons. The Bertz CT molecular complexity index is 1520. The summed E-state index contributed by atoms with van der Waals surface area (Å²) in [5.74, 6) is 0. The molecule has 6 rings (SSSR count). The zero-order valence-corrected chi connectivity index (χ0v) is 16.0. The second-order valence-electron chi connectivity index (χ2n) is 7.60. The van der Waals surface area contributed by atoms with Crippen LogP contribution >= 0.6 is 0 Å². The third kappa shape index (κ3) is 2.83. The minimum Gasteiger partial charge on any atom is -0.273 e. The van der Waals surface area contributed by atoms with E-state index in [2.05, 4.69) is 64.7 Å². The van der Waals surface area contributed by atoms with Crippen LogP contribution in [0, 0.1) is 0 Å². The molecule has 0 fully saturated rings. The van der Waals surface area contributed by atoms with Gasteiger partial charge < -0.3 is 0 Å². The zero-order chi connectivity index (χ0) is 21.2. The first-order valence-electron chi connectivity index (χ1n) is 9.74. The first kappa shape index (κ1) is 17.9. The second kappa shape index (κ2) is 6.28. The number of alkyl halides is 3. The van der Waals surface area contributed by atoms with Crippen LogP contribution in [-0.4, -0.2) is 15.2 Å². The number of rotatable bonds is 2. The van der Waals surface area contributed by atoms with Gasteiger partial charge in [-0.1, -0.05) is 42.5 Å². The van der Waals surface area contributed by atoms with Gasteiger partial charge in [-0.2, -0.15) is 18.3 Å². The van der Waals surface area contributed by atoms with Gasteiger partial charge in [0.25, 0.3) is 0 Å². The number of halogens is 3. The Kier molecular flexibility index (Phi) is 3.63. The number of aromatic amines is 1. The van der Waals surface area contributed by atoms with E-state index < -0.39 is 11.9 Å². The minimum atomic E-state index is -4.47. The van der Waals surface area contributed by atoms with Crippen molar-refractivity contribution in [3.05, 3.63) is 84.7 Å². The van der Waals surface area contributed by atoms with Gasteiger partial charge in [-0.25, -0.2) is 0 Å². The van der Waals surface area contributed by atoms with E-state index in [1.165, 1.54) is 21.5 Å². The molecule has 1 N–H and O–H groups in total. The third-order valence-electron chi connectivity index (χ3n) is 5.70. The molecule has 6 aromatic rings. The van der Waals surface area contributed by atoms with Crippen molar-refractivity contribution >= 4 is 32.3 Å². The van der Waals surface area contributed by atoms with Gasteiger partial charge in [0.15, 0.2) is 0 Å². The van der Waals surface area contributed by atoms with Gasteiger partial charge >= 0.3 is 6.18 Å². The topological polar surface area (TPSA) is 41.6 Å². The number of aromatic nitrogens is 3. The summed E-state index contributed by atoms with van der Waals surface area (Å²) in [6.45, 7) is 0. The highest BCUT2D eigenvalue weighted by atomic mass is 19.4. The predicted molar refractivity (Wildman–Crippen MR) is 116 cm³/mol. The average Bonchev–Trinajstić information content (AvgIpc) is 3.28. The van der Waals surface area contributed by atoms with E-state index in [4.69, 9.17) is 0 Å². The fourth-order valence-corrected chi connectivity index (χ4v) is 4.27. The lowest BCUT2D eigenvalue weighted by atomic mass is 9.91. The number of H-pyrrole nitrogens is 1. The first-order valence-corrected chi connectivity index (χ1v) is 9.74. The van der Waals surface area contributed by atoms with Crippen molar-refractivity contribution in [2.45, 2.75) is 6.18 Å². The Labute approximate surface area is 174 Å². The van der Waals surface area contributed by atoms with Crippen molar-refractivity contribution in [1.29, 1.82) is 0 Å². The summed E-state index contributed by atoms with van der Waals surface area (Å²) in [6.07, 6.45) is -2.88. The van der Waals surface area contributed by atoms with Crippen molar-refractivity contribution < 1.29 is 13.2 Å². The molecule has 0 atom stereocenters. The average molecular weight is 413 g/mol. The number of nitrogens with one attached hydrogen (secondary N) is 1. The lowest BCUT2D eigenvalue weighted by molar-refractivity contribution is -0.141. The van der Waals surface area contributed by atoms with E-state index in [1.807, 2.05) is 11.2 Å². The number of benzene rings is 4. The number of nitrogens with zero attached hydrogens (tertiary/aromatic N) is 2. The number of hydrogen-bond donors (Lipinski definition) is 1. The lowest BCUT2D eigenvalue weighted by Crippen LogP contribution is -2.04. The lowest BCUT2D eigenvalue weighted by Gasteiger charge is -2.13. The molecule has 2 heterocycles. The summed E-state index contributed by atoms with van der Waals surface area (Å²) < 4.78 is 38.7. The summed E-state index contributed by atoms with van der Waals surface area (Å²) in [7, 11) is 0. The van der Waals surface area contributed by atoms with Gasteiger partial charge in [0.2, 0.25) is 0 Å². The van der Waals surface area contributed by atoms with E-state index in [1.54, 1.807) is 12.3 Å². The van der Waals surface area contributed by atoms with Crippen LogP contribution in [0.4, 0.5) is 13.2 Å². The van der Waals surface area contributed by atoms with Crippen molar-refractivity contribution in [1.82, 2.24) is 15.2 Å². The fourth-order valence-electron chi connectivity index (χ4n) is 4.27. The Balaban J connectivity index is 1.51. The molecule has 0 amide bonds. The third-order valence-corrected chi connectivity index (χ3v) is 5.70. The molecule has 0 aliphatic heterocycles. The van der Waals surface area contributed by atoms with Crippen LogP contribution in [-0.2, 0) is 6.18 Å². The maximum Gasteiger partial charge on any atom is 0.432 e. The zero-order valence-electron chi connectivity index (χ0n) is 16.0. The maximum absolute atomic E-state index is 12.9. The number of hydrogen-bond acceptors (Lipinski definition) is 2. The largest absolute Gasteiger partial charge is 0.432 e. The van der Waals surface area contributed by atoms with Crippen molar-refractivity contribution in [3.63, 3.8) is 0 Å². The maximum atomic E-state index is 12.9. The van der Waals surface area contributed by atoms with Gasteiger partial charge in [-0.3, -0.25) is 10.1 Å². The Morgan fingerprint density at radius 2 is 1.29 bits per heavy atom. The van der Waals surface area contributed by atoms with Gasteiger partial charge in [0.05, 0.1) is 5.69 Å². The molecule has 6 heteroatoms. The highest BCUT2D eigenvalue weighted by Crippen LogP contribution is 2.38. The molecule has 0 aliphatic rings. The standard InChI is InChI=1S/C25H14F3N3/c26-25(27,28)22-13-21(30-31-22)20-12-16(8-9-29-20)19-10-17-6-4-14-2-1-3-15-5-7-18(11-19)24(17)23(14)15/h1-13H,(H,30,31). The molecule has 0 saturated carbocycles. The van der Waals surface area contributed by atoms with Crippen molar-refractivity contribution in [3.8, 4) is 22.5 Å². The molecule has 2 aromatic heterocycles. The molecule has 3 nitrogen and oxygen atoms in total. The van der Waals surface area contributed by atoms with E-state index in [-0.39, 0.29) is 5.69 Å². The smallest absolute Gasteiger partial charge is 0.273 e. The van der Waals surface area contributed by atoms with E-state index in [9.17, 15) is 13.2 Å². The van der Waals surface area contributed by atoms with E-state index in [0.717, 1.165) is 28.0 Å². The Hall–Kier alpha value is -3.93. The molecular formula is C25H14F3N3. The van der Waals surface area contributed by atoms with Crippen LogP contribution in [0.3, 0.4) is 0 Å². The van der Waals surface area contributed by atoms with Crippen LogP contribution in [0.2, 0.25) is 0 Å². The highest BCUT2D eigenvalue weighted by molar-refractivity contribution is 6.23. The number of pyridine rings is 1. The summed E-state index contributed by atoms with van der Waals surface area (Å²) in [6, 6.07) is 23.6. The first-order chi connectivity index (χ1) is 15.0. The molecule has 31 heavy (non-hydrogen) atoms. The minimum absolute atomic E-state index is 0.159. The van der Waals surface area contributed by atoms with Crippen LogP contribution in [0.5, 0.6) is 0 Å². The summed E-state index contributed by atoms with van der Waals surface area (Å²) in [5, 5.41) is 12.9. The molecule has 0 spiro atoms. The Morgan fingerprint density at radius 3 is 1.94 bits per heavy atom. The van der Waals surface area contributed by atoms with Crippen LogP contribution in [0.1, 0.15) is 5.69 Å². The molecular weight excluding hydrogens is 399 g/mol. The summed E-state index contributed by atoms with van der Waals surface area (Å²) in [5.41, 5.74) is 1.49. The molecule has 0 unspecified atom stereocenters. The molecule has 0 bridgehead atoms. The van der Waals surface area contributed by atoms with Gasteiger partial charge in [0.1, 0.15) is 11.4 Å². The molecule has 0 aliphatic carbocycles. The van der Waals surface area contributed by atoms with Gasteiger partial charge in [-0.05, 0) is 73.8 Å². The molecule has 4 aromatic carbocycles. The normalized spacial score (nSPS) is 12.4. The van der Waals surface area contributed by atoms with Crippen LogP contribution in [0.15, 0.2) is 79.0 Å². The fraction of sp³-hybridized carbons (Fsp3) is 0.0400. The Morgan fingerprint density at radius 1 is 0.645 bits per heavy atom. The van der Waals surface area contributed by atoms with Crippen LogP contribution in [0.25, 0.3) is 54.8 Å². The van der Waals surface area contributed by atoms with Crippen LogP contribution < -0.4 is 0 Å².